The first kappa shape index (κ1) is 16.4. The maximum atomic E-state index is 11.9. The van der Waals surface area contributed by atoms with Crippen LogP contribution in [-0.2, 0) is 4.79 Å². The second kappa shape index (κ2) is 8.48. The Bertz CT molecular complexity index is 670. The Labute approximate surface area is 135 Å². The Morgan fingerprint density at radius 1 is 1.09 bits per heavy atom. The molecule has 23 heavy (non-hydrogen) atoms. The van der Waals surface area contributed by atoms with Crippen molar-refractivity contribution in [1.82, 2.24) is 0 Å². The molecule has 1 amide bonds. The van der Waals surface area contributed by atoms with Gasteiger partial charge in [0.25, 0.3) is 5.91 Å². The molecule has 5 nitrogen and oxygen atoms in total. The Hall–Kier alpha value is -2.95. The highest BCUT2D eigenvalue weighted by atomic mass is 16.5. The first-order chi connectivity index (χ1) is 11.2. The zero-order valence-electron chi connectivity index (χ0n) is 13.0. The van der Waals surface area contributed by atoms with Crippen LogP contribution in [-0.4, -0.2) is 26.2 Å². The fraction of sp³-hybridized carbons (Fsp3) is 0.167. The molecule has 0 aliphatic heterocycles. The van der Waals surface area contributed by atoms with Crippen molar-refractivity contribution < 1.29 is 19.0 Å². The van der Waals surface area contributed by atoms with Crippen molar-refractivity contribution in [2.75, 3.05) is 25.6 Å². The standard InChI is InChI=1S/C18H19NO4/c1-3-10-22-16-8-4-6-14(11-16)19-18(20)13-23-17-9-5-7-15(12-17)21-2/h3-9,11-12H,1,10,13H2,2H3,(H,19,20). The monoisotopic (exact) mass is 313 g/mol. The van der Waals surface area contributed by atoms with Gasteiger partial charge in [-0.2, -0.15) is 0 Å². The number of amides is 1. The van der Waals surface area contributed by atoms with Gasteiger partial charge < -0.3 is 19.5 Å². The van der Waals surface area contributed by atoms with Crippen molar-refractivity contribution in [2.24, 2.45) is 0 Å². The molecule has 0 bridgehead atoms. The van der Waals surface area contributed by atoms with Crippen molar-refractivity contribution in [3.63, 3.8) is 0 Å². The molecule has 2 aromatic carbocycles. The number of hydrogen-bond donors (Lipinski definition) is 1. The van der Waals surface area contributed by atoms with Gasteiger partial charge in [0.1, 0.15) is 23.9 Å². The lowest BCUT2D eigenvalue weighted by atomic mass is 10.3. The van der Waals surface area contributed by atoms with E-state index in [-0.39, 0.29) is 12.5 Å². The van der Waals surface area contributed by atoms with E-state index < -0.39 is 0 Å². The number of hydrogen-bond acceptors (Lipinski definition) is 4. The van der Waals surface area contributed by atoms with E-state index in [1.807, 2.05) is 12.1 Å². The molecule has 0 saturated heterocycles. The second-order valence-corrected chi connectivity index (χ2v) is 4.64. The Kier molecular flexibility index (Phi) is 6.06. The highest BCUT2D eigenvalue weighted by molar-refractivity contribution is 5.92. The predicted octanol–water partition coefficient (Wildman–Crippen LogP) is 3.28. The summed E-state index contributed by atoms with van der Waals surface area (Å²) in [6, 6.07) is 14.2. The van der Waals surface area contributed by atoms with Crippen LogP contribution >= 0.6 is 0 Å². The average Bonchev–Trinajstić information content (AvgIpc) is 2.58. The van der Waals surface area contributed by atoms with Crippen molar-refractivity contribution >= 4 is 11.6 Å². The molecule has 0 radical (unpaired) electrons. The summed E-state index contributed by atoms with van der Waals surface area (Å²) in [5.74, 6) is 1.66. The lowest BCUT2D eigenvalue weighted by Crippen LogP contribution is -2.20. The highest BCUT2D eigenvalue weighted by Crippen LogP contribution is 2.19. The Morgan fingerprint density at radius 3 is 2.52 bits per heavy atom. The van der Waals surface area contributed by atoms with Crippen LogP contribution in [0.25, 0.3) is 0 Å². The summed E-state index contributed by atoms with van der Waals surface area (Å²) in [4.78, 5) is 11.9. The molecule has 2 aromatic rings. The van der Waals surface area contributed by atoms with Gasteiger partial charge in [0, 0.05) is 17.8 Å². The minimum absolute atomic E-state index is 0.0924. The number of carbonyl (C=O) groups excluding carboxylic acids is 1. The molecule has 5 heteroatoms. The molecule has 0 heterocycles. The quantitative estimate of drug-likeness (QED) is 0.760. The van der Waals surface area contributed by atoms with Gasteiger partial charge in [0.2, 0.25) is 0 Å². The maximum Gasteiger partial charge on any atom is 0.262 e. The van der Waals surface area contributed by atoms with Crippen molar-refractivity contribution in [3.8, 4) is 17.2 Å². The SMILES string of the molecule is C=CCOc1cccc(NC(=O)COc2cccc(OC)c2)c1. The molecular formula is C18H19NO4. The van der Waals surface area contributed by atoms with Crippen LogP contribution in [0.2, 0.25) is 0 Å². The first-order valence-electron chi connectivity index (χ1n) is 7.11. The number of ether oxygens (including phenoxy) is 3. The largest absolute Gasteiger partial charge is 0.497 e. The lowest BCUT2D eigenvalue weighted by molar-refractivity contribution is -0.118. The lowest BCUT2D eigenvalue weighted by Gasteiger charge is -2.10. The summed E-state index contributed by atoms with van der Waals surface area (Å²) in [6.45, 7) is 3.91. The molecule has 0 aliphatic rings. The molecule has 1 N–H and O–H groups in total. The van der Waals surface area contributed by atoms with Crippen LogP contribution in [0.4, 0.5) is 5.69 Å². The topological polar surface area (TPSA) is 56.8 Å². The van der Waals surface area contributed by atoms with Crippen molar-refractivity contribution in [1.29, 1.82) is 0 Å². The zero-order chi connectivity index (χ0) is 16.5. The number of methoxy groups -OCH3 is 1. The average molecular weight is 313 g/mol. The van der Waals surface area contributed by atoms with Gasteiger partial charge in [-0.15, -0.1) is 0 Å². The number of benzene rings is 2. The third kappa shape index (κ3) is 5.39. The molecule has 0 fully saturated rings. The minimum atomic E-state index is -0.256. The molecule has 0 aromatic heterocycles. The summed E-state index contributed by atoms with van der Waals surface area (Å²) >= 11 is 0. The van der Waals surface area contributed by atoms with Crippen LogP contribution in [0.15, 0.2) is 61.2 Å². The van der Waals surface area contributed by atoms with E-state index in [0.717, 1.165) is 0 Å². The normalized spacial score (nSPS) is 9.78. The van der Waals surface area contributed by atoms with Gasteiger partial charge in [-0.1, -0.05) is 24.8 Å². The zero-order valence-corrected chi connectivity index (χ0v) is 13.0. The van der Waals surface area contributed by atoms with Gasteiger partial charge in [0.15, 0.2) is 6.61 Å². The van der Waals surface area contributed by atoms with Gasteiger partial charge in [-0.3, -0.25) is 4.79 Å². The number of nitrogens with one attached hydrogen (secondary N) is 1. The van der Waals surface area contributed by atoms with Crippen LogP contribution in [0.1, 0.15) is 0 Å². The van der Waals surface area contributed by atoms with E-state index in [2.05, 4.69) is 11.9 Å². The smallest absolute Gasteiger partial charge is 0.262 e. The van der Waals surface area contributed by atoms with E-state index in [9.17, 15) is 4.79 Å². The fourth-order valence-corrected chi connectivity index (χ4v) is 1.86. The highest BCUT2D eigenvalue weighted by Gasteiger charge is 2.05. The van der Waals surface area contributed by atoms with E-state index in [0.29, 0.717) is 29.5 Å². The van der Waals surface area contributed by atoms with Crippen LogP contribution in [0.3, 0.4) is 0 Å². The molecule has 120 valence electrons. The van der Waals surface area contributed by atoms with Crippen LogP contribution in [0, 0.1) is 0 Å². The van der Waals surface area contributed by atoms with Gasteiger partial charge in [-0.25, -0.2) is 0 Å². The Balaban J connectivity index is 1.87. The molecule has 2 rings (SSSR count). The predicted molar refractivity (Wildman–Crippen MR) is 89.3 cm³/mol. The molecular weight excluding hydrogens is 294 g/mol. The number of anilines is 1. The third-order valence-electron chi connectivity index (χ3n) is 2.90. The van der Waals surface area contributed by atoms with Gasteiger partial charge >= 0.3 is 0 Å². The molecule has 0 atom stereocenters. The van der Waals surface area contributed by atoms with E-state index in [1.54, 1.807) is 49.6 Å². The van der Waals surface area contributed by atoms with Crippen molar-refractivity contribution in [2.45, 2.75) is 0 Å². The minimum Gasteiger partial charge on any atom is -0.497 e. The maximum absolute atomic E-state index is 11.9. The summed E-state index contributed by atoms with van der Waals surface area (Å²) in [5.41, 5.74) is 0.644. The number of rotatable bonds is 8. The molecule has 0 aliphatic carbocycles. The number of carbonyl (C=O) groups is 1. The van der Waals surface area contributed by atoms with Gasteiger partial charge in [0.05, 0.1) is 7.11 Å². The van der Waals surface area contributed by atoms with Crippen LogP contribution < -0.4 is 19.5 Å². The van der Waals surface area contributed by atoms with Crippen molar-refractivity contribution in [3.05, 3.63) is 61.2 Å². The van der Waals surface area contributed by atoms with Crippen LogP contribution in [0.5, 0.6) is 17.2 Å². The Morgan fingerprint density at radius 2 is 1.78 bits per heavy atom. The van der Waals surface area contributed by atoms with E-state index in [1.165, 1.54) is 0 Å². The third-order valence-corrected chi connectivity index (χ3v) is 2.90. The molecule has 0 saturated carbocycles. The van der Waals surface area contributed by atoms with Gasteiger partial charge in [-0.05, 0) is 24.3 Å². The summed E-state index contributed by atoms with van der Waals surface area (Å²) in [6.07, 6.45) is 1.66. The fourth-order valence-electron chi connectivity index (χ4n) is 1.86. The summed E-state index contributed by atoms with van der Waals surface area (Å²) < 4.78 is 16.0. The second-order valence-electron chi connectivity index (χ2n) is 4.64. The summed E-state index contributed by atoms with van der Waals surface area (Å²) in [5, 5.41) is 2.76. The molecule has 0 spiro atoms. The van der Waals surface area contributed by atoms with E-state index in [4.69, 9.17) is 14.2 Å². The molecule has 0 unspecified atom stereocenters. The first-order valence-corrected chi connectivity index (χ1v) is 7.11. The summed E-state index contributed by atoms with van der Waals surface area (Å²) in [7, 11) is 1.58. The van der Waals surface area contributed by atoms with E-state index >= 15 is 0 Å².